The molecule has 0 N–H and O–H groups in total. The Morgan fingerprint density at radius 2 is 1.80 bits per heavy atom. The standard InChI is InChI=1S/C16H11BrFNO/c17-10-12-13(18)5-1-7-16(12)20-15-8-2-6-14-11(15)4-3-9-19-14/h1-9H,10H2. The maximum Gasteiger partial charge on any atom is 0.136 e. The molecule has 0 spiro atoms. The molecule has 0 fully saturated rings. The molecule has 0 atom stereocenters. The molecule has 2 aromatic carbocycles. The van der Waals surface area contributed by atoms with Crippen molar-refractivity contribution in [2.24, 2.45) is 0 Å². The Bertz CT molecular complexity index is 755. The summed E-state index contributed by atoms with van der Waals surface area (Å²) in [6, 6.07) is 14.3. The summed E-state index contributed by atoms with van der Waals surface area (Å²) in [6.45, 7) is 0. The lowest BCUT2D eigenvalue weighted by Crippen LogP contribution is -1.93. The third-order valence-corrected chi connectivity index (χ3v) is 3.60. The highest BCUT2D eigenvalue weighted by Gasteiger charge is 2.10. The summed E-state index contributed by atoms with van der Waals surface area (Å²) < 4.78 is 19.6. The van der Waals surface area contributed by atoms with Crippen LogP contribution in [-0.2, 0) is 5.33 Å². The molecular formula is C16H11BrFNO. The van der Waals surface area contributed by atoms with Crippen molar-refractivity contribution in [1.82, 2.24) is 4.98 Å². The first-order chi connectivity index (χ1) is 9.79. The lowest BCUT2D eigenvalue weighted by atomic mass is 10.2. The fourth-order valence-electron chi connectivity index (χ4n) is 2.05. The number of hydrogen-bond acceptors (Lipinski definition) is 2. The largest absolute Gasteiger partial charge is 0.456 e. The number of benzene rings is 2. The zero-order valence-corrected chi connectivity index (χ0v) is 12.1. The van der Waals surface area contributed by atoms with Crippen molar-refractivity contribution in [2.45, 2.75) is 5.33 Å². The average molecular weight is 332 g/mol. The van der Waals surface area contributed by atoms with Gasteiger partial charge in [-0.25, -0.2) is 4.39 Å². The number of rotatable bonds is 3. The van der Waals surface area contributed by atoms with Crippen molar-refractivity contribution in [2.75, 3.05) is 0 Å². The number of halogens is 2. The molecule has 20 heavy (non-hydrogen) atoms. The summed E-state index contributed by atoms with van der Waals surface area (Å²) in [5, 5.41) is 1.30. The van der Waals surface area contributed by atoms with Gasteiger partial charge in [0.1, 0.15) is 17.3 Å². The summed E-state index contributed by atoms with van der Waals surface area (Å²) in [5.41, 5.74) is 1.36. The molecule has 3 aromatic rings. The molecule has 1 heterocycles. The zero-order valence-electron chi connectivity index (χ0n) is 10.5. The average Bonchev–Trinajstić information content (AvgIpc) is 2.48. The Morgan fingerprint density at radius 3 is 2.65 bits per heavy atom. The highest BCUT2D eigenvalue weighted by Crippen LogP contribution is 2.32. The van der Waals surface area contributed by atoms with E-state index in [0.717, 1.165) is 10.9 Å². The number of ether oxygens (including phenoxy) is 1. The molecule has 0 amide bonds. The van der Waals surface area contributed by atoms with Gasteiger partial charge in [0, 0.05) is 22.5 Å². The van der Waals surface area contributed by atoms with E-state index in [9.17, 15) is 4.39 Å². The highest BCUT2D eigenvalue weighted by molar-refractivity contribution is 9.08. The van der Waals surface area contributed by atoms with Crippen molar-refractivity contribution in [3.63, 3.8) is 0 Å². The SMILES string of the molecule is Fc1cccc(Oc2cccc3ncccc23)c1CBr. The summed E-state index contributed by atoms with van der Waals surface area (Å²) in [4.78, 5) is 4.28. The summed E-state index contributed by atoms with van der Waals surface area (Å²) >= 11 is 3.29. The smallest absolute Gasteiger partial charge is 0.136 e. The summed E-state index contributed by atoms with van der Waals surface area (Å²) in [5.74, 6) is 0.902. The Kier molecular flexibility index (Phi) is 3.65. The first-order valence-corrected chi connectivity index (χ1v) is 7.26. The second kappa shape index (κ2) is 5.59. The van der Waals surface area contributed by atoms with Gasteiger partial charge < -0.3 is 4.74 Å². The van der Waals surface area contributed by atoms with Crippen LogP contribution in [0.25, 0.3) is 10.9 Å². The summed E-state index contributed by atoms with van der Waals surface area (Å²) in [7, 11) is 0. The van der Waals surface area contributed by atoms with Gasteiger partial charge in [0.15, 0.2) is 0 Å². The first kappa shape index (κ1) is 13.1. The van der Waals surface area contributed by atoms with E-state index in [-0.39, 0.29) is 5.82 Å². The molecule has 100 valence electrons. The molecule has 0 bridgehead atoms. The van der Waals surface area contributed by atoms with Gasteiger partial charge in [0.05, 0.1) is 5.52 Å². The number of pyridine rings is 1. The van der Waals surface area contributed by atoms with Crippen molar-refractivity contribution in [3.05, 3.63) is 66.1 Å². The lowest BCUT2D eigenvalue weighted by molar-refractivity contribution is 0.475. The van der Waals surface area contributed by atoms with Crippen molar-refractivity contribution >= 4 is 26.8 Å². The van der Waals surface area contributed by atoms with Crippen LogP contribution in [0, 0.1) is 5.82 Å². The van der Waals surface area contributed by atoms with Gasteiger partial charge >= 0.3 is 0 Å². The van der Waals surface area contributed by atoms with Gasteiger partial charge in [0.2, 0.25) is 0 Å². The molecule has 0 aliphatic rings. The third-order valence-electron chi connectivity index (χ3n) is 3.04. The molecular weight excluding hydrogens is 321 g/mol. The number of fused-ring (bicyclic) bond motifs is 1. The van der Waals surface area contributed by atoms with Crippen LogP contribution in [0.5, 0.6) is 11.5 Å². The molecule has 0 aliphatic carbocycles. The normalized spacial score (nSPS) is 10.7. The third kappa shape index (κ3) is 2.39. The maximum absolute atomic E-state index is 13.7. The first-order valence-electron chi connectivity index (χ1n) is 6.14. The molecule has 3 rings (SSSR count). The fraction of sp³-hybridized carbons (Fsp3) is 0.0625. The minimum atomic E-state index is -0.280. The van der Waals surface area contributed by atoms with E-state index in [1.165, 1.54) is 6.07 Å². The number of alkyl halides is 1. The molecule has 0 saturated carbocycles. The lowest BCUT2D eigenvalue weighted by Gasteiger charge is -2.12. The van der Waals surface area contributed by atoms with Crippen LogP contribution in [0.15, 0.2) is 54.7 Å². The number of aromatic nitrogens is 1. The van der Waals surface area contributed by atoms with E-state index in [1.54, 1.807) is 18.3 Å². The van der Waals surface area contributed by atoms with Crippen LogP contribution >= 0.6 is 15.9 Å². The summed E-state index contributed by atoms with van der Waals surface area (Å²) in [6.07, 6.45) is 1.73. The minimum Gasteiger partial charge on any atom is -0.456 e. The second-order valence-electron chi connectivity index (χ2n) is 4.28. The second-order valence-corrected chi connectivity index (χ2v) is 4.84. The van der Waals surface area contributed by atoms with E-state index in [0.29, 0.717) is 22.4 Å². The Labute approximate surface area is 124 Å². The number of nitrogens with zero attached hydrogens (tertiary/aromatic N) is 1. The minimum absolute atomic E-state index is 0.280. The highest BCUT2D eigenvalue weighted by atomic mass is 79.9. The van der Waals surface area contributed by atoms with Crippen LogP contribution in [0.4, 0.5) is 4.39 Å². The molecule has 0 saturated heterocycles. The zero-order chi connectivity index (χ0) is 13.9. The maximum atomic E-state index is 13.7. The van der Waals surface area contributed by atoms with Crippen molar-refractivity contribution in [3.8, 4) is 11.5 Å². The van der Waals surface area contributed by atoms with Crippen LogP contribution in [0.1, 0.15) is 5.56 Å². The van der Waals surface area contributed by atoms with Gasteiger partial charge in [-0.05, 0) is 36.4 Å². The fourth-order valence-corrected chi connectivity index (χ4v) is 2.59. The Hall–Kier alpha value is -1.94. The Balaban J connectivity index is 2.08. The molecule has 4 heteroatoms. The molecule has 2 nitrogen and oxygen atoms in total. The van der Waals surface area contributed by atoms with Gasteiger partial charge in [0.25, 0.3) is 0 Å². The van der Waals surface area contributed by atoms with Gasteiger partial charge in [-0.1, -0.05) is 28.1 Å². The van der Waals surface area contributed by atoms with E-state index in [2.05, 4.69) is 20.9 Å². The van der Waals surface area contributed by atoms with Gasteiger partial charge in [-0.3, -0.25) is 4.98 Å². The van der Waals surface area contributed by atoms with E-state index >= 15 is 0 Å². The van der Waals surface area contributed by atoms with Crippen LogP contribution in [0.2, 0.25) is 0 Å². The van der Waals surface area contributed by atoms with Gasteiger partial charge in [-0.2, -0.15) is 0 Å². The van der Waals surface area contributed by atoms with E-state index in [4.69, 9.17) is 4.74 Å². The van der Waals surface area contributed by atoms with Crippen LogP contribution in [-0.4, -0.2) is 4.98 Å². The predicted molar refractivity (Wildman–Crippen MR) is 80.8 cm³/mol. The predicted octanol–water partition coefficient (Wildman–Crippen LogP) is 5.06. The molecule has 1 aromatic heterocycles. The number of hydrogen-bond donors (Lipinski definition) is 0. The monoisotopic (exact) mass is 331 g/mol. The molecule has 0 unspecified atom stereocenters. The quantitative estimate of drug-likeness (QED) is 0.626. The topological polar surface area (TPSA) is 22.1 Å². The molecule has 0 aliphatic heterocycles. The van der Waals surface area contributed by atoms with Gasteiger partial charge in [-0.15, -0.1) is 0 Å². The Morgan fingerprint density at radius 1 is 1.00 bits per heavy atom. The van der Waals surface area contributed by atoms with E-state index < -0.39 is 0 Å². The van der Waals surface area contributed by atoms with E-state index in [1.807, 2.05) is 30.3 Å². The molecule has 0 radical (unpaired) electrons. The van der Waals surface area contributed by atoms with Crippen LogP contribution < -0.4 is 4.74 Å². The van der Waals surface area contributed by atoms with Crippen LogP contribution in [0.3, 0.4) is 0 Å². The van der Waals surface area contributed by atoms with Crippen molar-refractivity contribution in [1.29, 1.82) is 0 Å². The van der Waals surface area contributed by atoms with Crippen molar-refractivity contribution < 1.29 is 9.13 Å².